The topological polar surface area (TPSA) is 74.5 Å². The third-order valence-electron chi connectivity index (χ3n) is 3.45. The van der Waals surface area contributed by atoms with Gasteiger partial charge in [0.2, 0.25) is 5.89 Å². The van der Waals surface area contributed by atoms with Gasteiger partial charge < -0.3 is 14.0 Å². The number of hydrogen-bond donors (Lipinski definition) is 0. The number of nitrogens with zero attached hydrogens (tertiary/aromatic N) is 2. The van der Waals surface area contributed by atoms with Gasteiger partial charge in [-0.3, -0.25) is 4.79 Å². The molecule has 1 aliphatic heterocycles. The molecule has 6 heteroatoms. The van der Waals surface area contributed by atoms with E-state index in [2.05, 4.69) is 10.1 Å². The summed E-state index contributed by atoms with van der Waals surface area (Å²) >= 11 is 0. The van der Waals surface area contributed by atoms with Crippen molar-refractivity contribution in [2.45, 2.75) is 39.5 Å². The predicted octanol–water partition coefficient (Wildman–Crippen LogP) is 1.95. The van der Waals surface area contributed by atoms with E-state index < -0.39 is 5.92 Å². The molecule has 1 aliphatic rings. The number of carbonyl (C=O) groups excluding carboxylic acids is 1. The molecular formula is C14H22N2O4. The fourth-order valence-corrected chi connectivity index (χ4v) is 2.37. The summed E-state index contributed by atoms with van der Waals surface area (Å²) < 4.78 is 15.7. The van der Waals surface area contributed by atoms with E-state index in [4.69, 9.17) is 14.0 Å². The highest BCUT2D eigenvalue weighted by atomic mass is 16.5. The molecule has 2 atom stereocenters. The zero-order valence-corrected chi connectivity index (χ0v) is 12.3. The standard InChI is InChI=1S/C14H22N2O4/c1-4-19-14(17)12(9(2)3)13-15-11(16-20-13)7-10-5-6-18-8-10/h9-10,12H,4-8H2,1-3H3. The highest BCUT2D eigenvalue weighted by Gasteiger charge is 2.31. The van der Waals surface area contributed by atoms with E-state index in [9.17, 15) is 4.79 Å². The van der Waals surface area contributed by atoms with Crippen molar-refractivity contribution in [2.75, 3.05) is 19.8 Å². The van der Waals surface area contributed by atoms with Crippen LogP contribution in [0.15, 0.2) is 4.52 Å². The van der Waals surface area contributed by atoms with Crippen LogP contribution in [0, 0.1) is 11.8 Å². The van der Waals surface area contributed by atoms with Gasteiger partial charge in [-0.25, -0.2) is 0 Å². The van der Waals surface area contributed by atoms with Crippen molar-refractivity contribution in [3.05, 3.63) is 11.7 Å². The quantitative estimate of drug-likeness (QED) is 0.742. The van der Waals surface area contributed by atoms with E-state index in [1.807, 2.05) is 13.8 Å². The second kappa shape index (κ2) is 6.83. The van der Waals surface area contributed by atoms with Gasteiger partial charge in [-0.1, -0.05) is 19.0 Å². The maximum Gasteiger partial charge on any atom is 0.318 e. The Morgan fingerprint density at radius 1 is 1.50 bits per heavy atom. The summed E-state index contributed by atoms with van der Waals surface area (Å²) in [6, 6.07) is 0. The number of rotatable bonds is 6. The van der Waals surface area contributed by atoms with Crippen LogP contribution in [-0.4, -0.2) is 35.9 Å². The van der Waals surface area contributed by atoms with Crippen molar-refractivity contribution >= 4 is 5.97 Å². The number of ether oxygens (including phenoxy) is 2. The van der Waals surface area contributed by atoms with E-state index in [1.54, 1.807) is 6.92 Å². The Morgan fingerprint density at radius 2 is 2.30 bits per heavy atom. The lowest BCUT2D eigenvalue weighted by Gasteiger charge is -2.14. The fourth-order valence-electron chi connectivity index (χ4n) is 2.37. The molecule has 0 radical (unpaired) electrons. The normalized spacial score (nSPS) is 20.3. The van der Waals surface area contributed by atoms with Crippen molar-refractivity contribution in [3.63, 3.8) is 0 Å². The van der Waals surface area contributed by atoms with Crippen LogP contribution >= 0.6 is 0 Å². The van der Waals surface area contributed by atoms with E-state index in [0.717, 1.165) is 26.1 Å². The first-order valence-corrected chi connectivity index (χ1v) is 7.18. The minimum absolute atomic E-state index is 0.0529. The molecule has 0 aliphatic carbocycles. The van der Waals surface area contributed by atoms with Gasteiger partial charge in [0.1, 0.15) is 5.92 Å². The average molecular weight is 282 g/mol. The van der Waals surface area contributed by atoms with Crippen LogP contribution in [0.25, 0.3) is 0 Å². The number of esters is 1. The molecule has 2 rings (SSSR count). The van der Waals surface area contributed by atoms with Crippen LogP contribution in [0.4, 0.5) is 0 Å². The first-order valence-electron chi connectivity index (χ1n) is 7.18. The summed E-state index contributed by atoms with van der Waals surface area (Å²) in [5.74, 6) is 0.702. The monoisotopic (exact) mass is 282 g/mol. The van der Waals surface area contributed by atoms with E-state index in [0.29, 0.717) is 24.2 Å². The van der Waals surface area contributed by atoms with Gasteiger partial charge in [0.15, 0.2) is 5.82 Å². The third kappa shape index (κ3) is 3.56. The Bertz CT molecular complexity index is 438. The van der Waals surface area contributed by atoms with E-state index in [1.165, 1.54) is 0 Å². The number of hydrogen-bond acceptors (Lipinski definition) is 6. The lowest BCUT2D eigenvalue weighted by atomic mass is 9.96. The minimum atomic E-state index is -0.490. The molecule has 0 bridgehead atoms. The van der Waals surface area contributed by atoms with Gasteiger partial charge in [0, 0.05) is 19.6 Å². The van der Waals surface area contributed by atoms with Crippen LogP contribution < -0.4 is 0 Å². The first kappa shape index (κ1) is 15.0. The molecule has 0 amide bonds. The maximum atomic E-state index is 12.0. The van der Waals surface area contributed by atoms with Crippen molar-refractivity contribution in [2.24, 2.45) is 11.8 Å². The lowest BCUT2D eigenvalue weighted by molar-refractivity contribution is -0.146. The molecule has 1 aromatic heterocycles. The van der Waals surface area contributed by atoms with Crippen molar-refractivity contribution in [3.8, 4) is 0 Å². The van der Waals surface area contributed by atoms with Gasteiger partial charge >= 0.3 is 5.97 Å². The van der Waals surface area contributed by atoms with Crippen LogP contribution in [-0.2, 0) is 20.7 Å². The lowest BCUT2D eigenvalue weighted by Crippen LogP contribution is -2.21. The molecule has 1 saturated heterocycles. The van der Waals surface area contributed by atoms with Gasteiger partial charge in [-0.2, -0.15) is 4.98 Å². The Hall–Kier alpha value is -1.43. The second-order valence-electron chi connectivity index (χ2n) is 5.46. The molecule has 1 aromatic rings. The van der Waals surface area contributed by atoms with Crippen LogP contribution in [0.3, 0.4) is 0 Å². The minimum Gasteiger partial charge on any atom is -0.465 e. The van der Waals surface area contributed by atoms with Crippen molar-refractivity contribution in [1.29, 1.82) is 0 Å². The molecule has 2 heterocycles. The molecule has 0 N–H and O–H groups in total. The molecule has 1 fully saturated rings. The fraction of sp³-hybridized carbons (Fsp3) is 0.786. The maximum absolute atomic E-state index is 12.0. The Labute approximate surface area is 118 Å². The zero-order valence-electron chi connectivity index (χ0n) is 12.3. The van der Waals surface area contributed by atoms with Gasteiger partial charge in [-0.05, 0) is 25.2 Å². The summed E-state index contributed by atoms with van der Waals surface area (Å²) in [6.45, 7) is 7.56. The van der Waals surface area contributed by atoms with E-state index in [-0.39, 0.29) is 11.9 Å². The molecule has 6 nitrogen and oxygen atoms in total. The highest BCUT2D eigenvalue weighted by Crippen LogP contribution is 2.25. The van der Waals surface area contributed by atoms with Gasteiger partial charge in [0.05, 0.1) is 6.61 Å². The molecular weight excluding hydrogens is 260 g/mol. The molecule has 112 valence electrons. The predicted molar refractivity (Wildman–Crippen MR) is 71.1 cm³/mol. The molecule has 0 spiro atoms. The molecule has 0 saturated carbocycles. The number of carbonyl (C=O) groups is 1. The summed E-state index contributed by atoms with van der Waals surface area (Å²) in [5.41, 5.74) is 0. The van der Waals surface area contributed by atoms with Crippen LogP contribution in [0.5, 0.6) is 0 Å². The highest BCUT2D eigenvalue weighted by molar-refractivity contribution is 5.77. The first-order chi connectivity index (χ1) is 9.61. The van der Waals surface area contributed by atoms with Crippen LogP contribution in [0.2, 0.25) is 0 Å². The zero-order chi connectivity index (χ0) is 14.5. The smallest absolute Gasteiger partial charge is 0.318 e. The SMILES string of the molecule is CCOC(=O)C(c1nc(CC2CCOC2)no1)C(C)C. The largest absolute Gasteiger partial charge is 0.465 e. The van der Waals surface area contributed by atoms with Crippen molar-refractivity contribution < 1.29 is 18.8 Å². The molecule has 20 heavy (non-hydrogen) atoms. The third-order valence-corrected chi connectivity index (χ3v) is 3.45. The Balaban J connectivity index is 2.05. The van der Waals surface area contributed by atoms with Gasteiger partial charge in [-0.15, -0.1) is 0 Å². The second-order valence-corrected chi connectivity index (χ2v) is 5.46. The Kier molecular flexibility index (Phi) is 5.11. The summed E-state index contributed by atoms with van der Waals surface area (Å²) in [6.07, 6.45) is 1.76. The van der Waals surface area contributed by atoms with Crippen molar-refractivity contribution in [1.82, 2.24) is 10.1 Å². The average Bonchev–Trinajstić information content (AvgIpc) is 3.02. The summed E-state index contributed by atoms with van der Waals surface area (Å²) in [7, 11) is 0. The molecule has 0 aromatic carbocycles. The summed E-state index contributed by atoms with van der Waals surface area (Å²) in [5, 5.41) is 3.98. The van der Waals surface area contributed by atoms with E-state index >= 15 is 0 Å². The Morgan fingerprint density at radius 3 is 2.90 bits per heavy atom. The molecule has 2 unspecified atom stereocenters. The number of aromatic nitrogens is 2. The van der Waals surface area contributed by atoms with Gasteiger partial charge in [0.25, 0.3) is 0 Å². The van der Waals surface area contributed by atoms with Crippen LogP contribution in [0.1, 0.15) is 44.8 Å². The summed E-state index contributed by atoms with van der Waals surface area (Å²) in [4.78, 5) is 16.3.